The number of aliphatic hydroxyl groups excluding tert-OH is 2. The van der Waals surface area contributed by atoms with Crippen LogP contribution < -0.4 is 0 Å². The number of imidazole rings is 1. The maximum atomic E-state index is 9.24. The van der Waals surface area contributed by atoms with Crippen molar-refractivity contribution in [2.75, 3.05) is 12.4 Å². The molecule has 0 aliphatic rings. The summed E-state index contributed by atoms with van der Waals surface area (Å²) in [6, 6.07) is 0. The molecule has 0 aliphatic heterocycles. The summed E-state index contributed by atoms with van der Waals surface area (Å²) in [5.41, 5.74) is -0.0109. The zero-order valence-electron chi connectivity index (χ0n) is 9.34. The van der Waals surface area contributed by atoms with E-state index in [1.54, 1.807) is 6.20 Å². The zero-order valence-corrected chi connectivity index (χ0v) is 10.2. The van der Waals surface area contributed by atoms with Gasteiger partial charge in [-0.05, 0) is 20.8 Å². The van der Waals surface area contributed by atoms with E-state index in [4.69, 9.17) is 5.11 Å². The Balaban J connectivity index is 2.66. The van der Waals surface area contributed by atoms with Crippen molar-refractivity contribution >= 4 is 11.8 Å². The largest absolute Gasteiger partial charge is 0.394 e. The molecule has 2 N–H and O–H groups in total. The first-order chi connectivity index (χ1) is 6.95. The van der Waals surface area contributed by atoms with Crippen molar-refractivity contribution in [1.82, 2.24) is 9.55 Å². The topological polar surface area (TPSA) is 58.3 Å². The van der Waals surface area contributed by atoms with Crippen molar-refractivity contribution in [1.29, 1.82) is 0 Å². The summed E-state index contributed by atoms with van der Waals surface area (Å²) < 4.78 is 2.06. The molecular formula is C10H18N2O2S. The molecule has 0 aromatic carbocycles. The number of rotatable bonds is 4. The molecule has 4 nitrogen and oxygen atoms in total. The minimum atomic E-state index is -0.680. The lowest BCUT2D eigenvalue weighted by atomic mass is 10.1. The summed E-state index contributed by atoms with van der Waals surface area (Å²) in [6.45, 7) is 6.09. The molecule has 0 spiro atoms. The SMILES string of the molecule is CC(C)(C)n1ccnc1SC[C@@H](O)CO. The predicted octanol–water partition coefficient (Wildman–Crippen LogP) is 1.08. The zero-order chi connectivity index (χ0) is 11.5. The van der Waals surface area contributed by atoms with Crippen molar-refractivity contribution in [3.63, 3.8) is 0 Å². The van der Waals surface area contributed by atoms with Crippen LogP contribution in [0.15, 0.2) is 17.6 Å². The Kier molecular flexibility index (Phi) is 4.19. The van der Waals surface area contributed by atoms with Crippen LogP contribution in [0.4, 0.5) is 0 Å². The number of nitrogens with zero attached hydrogens (tertiary/aromatic N) is 2. The van der Waals surface area contributed by atoms with Crippen molar-refractivity contribution in [3.8, 4) is 0 Å². The van der Waals surface area contributed by atoms with Crippen LogP contribution in [-0.4, -0.2) is 38.2 Å². The second kappa shape index (κ2) is 5.01. The maximum absolute atomic E-state index is 9.24. The highest BCUT2D eigenvalue weighted by atomic mass is 32.2. The van der Waals surface area contributed by atoms with Gasteiger partial charge in [0.15, 0.2) is 5.16 Å². The molecule has 0 saturated carbocycles. The molecule has 1 atom stereocenters. The van der Waals surface area contributed by atoms with Gasteiger partial charge in [-0.3, -0.25) is 0 Å². The Bertz CT molecular complexity index is 307. The molecule has 1 aromatic rings. The summed E-state index contributed by atoms with van der Waals surface area (Å²) in [4.78, 5) is 4.22. The molecule has 1 rings (SSSR count). The third-order valence-corrected chi connectivity index (χ3v) is 3.06. The van der Waals surface area contributed by atoms with Gasteiger partial charge in [0.25, 0.3) is 0 Å². The molecule has 0 aliphatic carbocycles. The second-order valence-electron chi connectivity index (χ2n) is 4.40. The van der Waals surface area contributed by atoms with Gasteiger partial charge in [-0.2, -0.15) is 0 Å². The number of hydrogen-bond donors (Lipinski definition) is 2. The first-order valence-corrected chi connectivity index (χ1v) is 5.89. The van der Waals surface area contributed by atoms with Crippen LogP contribution in [0, 0.1) is 0 Å². The molecule has 0 fully saturated rings. The first-order valence-electron chi connectivity index (χ1n) is 4.90. The minimum absolute atomic E-state index is 0.0109. The summed E-state index contributed by atoms with van der Waals surface area (Å²) in [5, 5.41) is 18.8. The Morgan fingerprint density at radius 3 is 2.73 bits per heavy atom. The molecule has 1 aromatic heterocycles. The summed E-state index contributed by atoms with van der Waals surface area (Å²) in [7, 11) is 0. The first kappa shape index (κ1) is 12.5. The molecule has 0 amide bonds. The van der Waals surface area contributed by atoms with Crippen LogP contribution in [0.25, 0.3) is 0 Å². The molecule has 0 saturated heterocycles. The van der Waals surface area contributed by atoms with E-state index < -0.39 is 6.10 Å². The van der Waals surface area contributed by atoms with Gasteiger partial charge in [0.05, 0.1) is 12.7 Å². The molecule has 86 valence electrons. The number of aliphatic hydroxyl groups is 2. The lowest BCUT2D eigenvalue weighted by Crippen LogP contribution is -2.22. The van der Waals surface area contributed by atoms with Crippen molar-refractivity contribution < 1.29 is 10.2 Å². The van der Waals surface area contributed by atoms with Gasteiger partial charge in [0, 0.05) is 23.7 Å². The second-order valence-corrected chi connectivity index (χ2v) is 5.39. The van der Waals surface area contributed by atoms with E-state index in [2.05, 4.69) is 30.3 Å². The Morgan fingerprint density at radius 2 is 2.20 bits per heavy atom. The van der Waals surface area contributed by atoms with Crippen LogP contribution in [-0.2, 0) is 5.54 Å². The van der Waals surface area contributed by atoms with Crippen LogP contribution in [0.2, 0.25) is 0 Å². The maximum Gasteiger partial charge on any atom is 0.168 e. The van der Waals surface area contributed by atoms with Crippen LogP contribution >= 0.6 is 11.8 Å². The quantitative estimate of drug-likeness (QED) is 0.760. The van der Waals surface area contributed by atoms with Gasteiger partial charge in [0.2, 0.25) is 0 Å². The molecule has 15 heavy (non-hydrogen) atoms. The van der Waals surface area contributed by atoms with E-state index in [-0.39, 0.29) is 12.1 Å². The van der Waals surface area contributed by atoms with Gasteiger partial charge >= 0.3 is 0 Å². The monoisotopic (exact) mass is 230 g/mol. The van der Waals surface area contributed by atoms with E-state index in [1.165, 1.54) is 11.8 Å². The summed E-state index contributed by atoms with van der Waals surface area (Å²) in [5.74, 6) is 0.462. The molecule has 0 unspecified atom stereocenters. The summed E-state index contributed by atoms with van der Waals surface area (Å²) in [6.07, 6.45) is 2.99. The number of aromatic nitrogens is 2. The number of thioether (sulfide) groups is 1. The van der Waals surface area contributed by atoms with Gasteiger partial charge < -0.3 is 14.8 Å². The molecule has 0 bridgehead atoms. The van der Waals surface area contributed by atoms with E-state index >= 15 is 0 Å². The molecular weight excluding hydrogens is 212 g/mol. The molecule has 0 radical (unpaired) electrons. The average Bonchev–Trinajstić information content (AvgIpc) is 2.61. The van der Waals surface area contributed by atoms with Crippen molar-refractivity contribution in [2.45, 2.75) is 37.6 Å². The van der Waals surface area contributed by atoms with Crippen molar-refractivity contribution in [3.05, 3.63) is 12.4 Å². The Labute approximate surface area is 94.3 Å². The summed E-state index contributed by atoms with van der Waals surface area (Å²) >= 11 is 1.46. The fourth-order valence-electron chi connectivity index (χ4n) is 1.13. The van der Waals surface area contributed by atoms with Gasteiger partial charge in [-0.15, -0.1) is 0 Å². The third-order valence-electron chi connectivity index (χ3n) is 1.95. The fourth-order valence-corrected chi connectivity index (χ4v) is 2.19. The van der Waals surface area contributed by atoms with Crippen LogP contribution in [0.3, 0.4) is 0 Å². The van der Waals surface area contributed by atoms with Crippen molar-refractivity contribution in [2.24, 2.45) is 0 Å². The van der Waals surface area contributed by atoms with Crippen LogP contribution in [0.1, 0.15) is 20.8 Å². The van der Waals surface area contributed by atoms with Gasteiger partial charge in [0.1, 0.15) is 0 Å². The van der Waals surface area contributed by atoms with E-state index in [1.807, 2.05) is 6.20 Å². The van der Waals surface area contributed by atoms with Gasteiger partial charge in [-0.25, -0.2) is 4.98 Å². The minimum Gasteiger partial charge on any atom is -0.394 e. The smallest absolute Gasteiger partial charge is 0.168 e. The normalized spacial score (nSPS) is 14.2. The Morgan fingerprint density at radius 1 is 1.53 bits per heavy atom. The Hall–Kier alpha value is -0.520. The molecule has 5 heteroatoms. The highest BCUT2D eigenvalue weighted by Gasteiger charge is 2.17. The van der Waals surface area contributed by atoms with Gasteiger partial charge in [-0.1, -0.05) is 11.8 Å². The lowest BCUT2D eigenvalue weighted by Gasteiger charge is -2.23. The van der Waals surface area contributed by atoms with E-state index in [0.29, 0.717) is 5.75 Å². The highest BCUT2D eigenvalue weighted by molar-refractivity contribution is 7.99. The molecule has 1 heterocycles. The standard InChI is InChI=1S/C10H18N2O2S/c1-10(2,3)12-5-4-11-9(12)15-7-8(14)6-13/h4-5,8,13-14H,6-7H2,1-3H3/t8-/m0/s1. The fraction of sp³-hybridized carbons (Fsp3) is 0.700. The van der Waals surface area contributed by atoms with E-state index in [9.17, 15) is 5.11 Å². The number of hydrogen-bond acceptors (Lipinski definition) is 4. The van der Waals surface area contributed by atoms with E-state index in [0.717, 1.165) is 5.16 Å². The highest BCUT2D eigenvalue weighted by Crippen LogP contribution is 2.23. The average molecular weight is 230 g/mol. The third kappa shape index (κ3) is 3.52. The lowest BCUT2D eigenvalue weighted by molar-refractivity contribution is 0.113. The predicted molar refractivity (Wildman–Crippen MR) is 61.0 cm³/mol. The van der Waals surface area contributed by atoms with Crippen LogP contribution in [0.5, 0.6) is 0 Å².